The van der Waals surface area contributed by atoms with Crippen LogP contribution in [0.15, 0.2) is 70.6 Å². The molecule has 170 valence electrons. The molecule has 0 bridgehead atoms. The van der Waals surface area contributed by atoms with Gasteiger partial charge in [-0.1, -0.05) is 82.8 Å². The number of nitrogens with zero attached hydrogens (tertiary/aromatic N) is 2. The van der Waals surface area contributed by atoms with Crippen molar-refractivity contribution < 1.29 is 9.47 Å². The van der Waals surface area contributed by atoms with Crippen LogP contribution in [0.5, 0.6) is 11.5 Å². The maximum Gasteiger partial charge on any atom is 0.121 e. The molecule has 0 unspecified atom stereocenters. The summed E-state index contributed by atoms with van der Waals surface area (Å²) in [5.41, 5.74) is 3.89. The number of aliphatic imine (C=N–C) groups is 2. The van der Waals surface area contributed by atoms with E-state index in [2.05, 4.69) is 0 Å². The molecule has 0 amide bonds. The first-order valence-corrected chi connectivity index (χ1v) is 11.7. The van der Waals surface area contributed by atoms with Gasteiger partial charge in [0, 0.05) is 40.8 Å². The molecule has 0 spiro atoms. The smallest absolute Gasteiger partial charge is 0.121 e. The van der Waals surface area contributed by atoms with Gasteiger partial charge >= 0.3 is 0 Å². The van der Waals surface area contributed by atoms with Gasteiger partial charge < -0.3 is 9.47 Å². The minimum atomic E-state index is 0.361. The van der Waals surface area contributed by atoms with Crippen molar-refractivity contribution in [3.63, 3.8) is 0 Å². The summed E-state index contributed by atoms with van der Waals surface area (Å²) in [6.45, 7) is 0. The van der Waals surface area contributed by atoms with E-state index in [0.717, 1.165) is 21.9 Å². The Hall–Kier alpha value is -2.76. The van der Waals surface area contributed by atoms with Crippen molar-refractivity contribution in [1.29, 1.82) is 0 Å². The minimum absolute atomic E-state index is 0.361. The molecule has 0 N–H and O–H groups in total. The van der Waals surface area contributed by atoms with E-state index in [4.69, 9.17) is 65.9 Å². The topological polar surface area (TPSA) is 43.2 Å². The lowest BCUT2D eigenvalue weighted by molar-refractivity contribution is 0.415. The normalized spacial score (nSPS) is 14.9. The third-order valence-corrected chi connectivity index (χ3v) is 6.69. The standard InChI is InChI=1S/C26H16Cl4N2O2/c1-33-14-9-18(27)25(19(28)10-14)31-23-16-7-3-5-13-6-4-8-17(22(13)16)24(23)32-26-20(29)11-15(34-2)12-21(26)30/h3-12H,1-2H3. The van der Waals surface area contributed by atoms with Gasteiger partial charge in [0.1, 0.15) is 22.9 Å². The molecule has 0 aromatic heterocycles. The molecule has 8 heteroatoms. The van der Waals surface area contributed by atoms with E-state index in [9.17, 15) is 0 Å². The molecule has 1 aliphatic carbocycles. The van der Waals surface area contributed by atoms with Gasteiger partial charge in [-0.05, 0) is 5.39 Å². The summed E-state index contributed by atoms with van der Waals surface area (Å²) in [5, 5.41) is 3.54. The Kier molecular flexibility index (Phi) is 6.17. The second-order valence-corrected chi connectivity index (χ2v) is 9.14. The maximum atomic E-state index is 6.53. The third kappa shape index (κ3) is 3.91. The van der Waals surface area contributed by atoms with Crippen LogP contribution in [0.3, 0.4) is 0 Å². The summed E-state index contributed by atoms with van der Waals surface area (Å²) in [6.07, 6.45) is 0. The average molecular weight is 530 g/mol. The fourth-order valence-corrected chi connectivity index (χ4v) is 5.08. The van der Waals surface area contributed by atoms with Gasteiger partial charge in [-0.3, -0.25) is 0 Å². The molecule has 0 saturated carbocycles. The van der Waals surface area contributed by atoms with E-state index in [0.29, 0.717) is 54.4 Å². The van der Waals surface area contributed by atoms with Crippen LogP contribution in [-0.4, -0.2) is 25.6 Å². The number of halogens is 4. The van der Waals surface area contributed by atoms with E-state index < -0.39 is 0 Å². The van der Waals surface area contributed by atoms with Crippen molar-refractivity contribution in [2.75, 3.05) is 14.2 Å². The van der Waals surface area contributed by atoms with Gasteiger partial charge in [0.25, 0.3) is 0 Å². The van der Waals surface area contributed by atoms with Crippen molar-refractivity contribution >= 4 is 80.0 Å². The highest BCUT2D eigenvalue weighted by Gasteiger charge is 2.28. The number of ether oxygens (including phenoxy) is 2. The number of hydrogen-bond donors (Lipinski definition) is 0. The molecule has 0 fully saturated rings. The lowest BCUT2D eigenvalue weighted by atomic mass is 10.1. The van der Waals surface area contributed by atoms with Crippen molar-refractivity contribution in [2.45, 2.75) is 0 Å². The number of rotatable bonds is 4. The monoisotopic (exact) mass is 528 g/mol. The van der Waals surface area contributed by atoms with Gasteiger partial charge in [0.2, 0.25) is 0 Å². The first kappa shape index (κ1) is 23.0. The summed E-state index contributed by atoms with van der Waals surface area (Å²) in [6, 6.07) is 18.7. The number of hydrogen-bond acceptors (Lipinski definition) is 4. The van der Waals surface area contributed by atoms with Gasteiger partial charge in [-0.25, -0.2) is 9.98 Å². The van der Waals surface area contributed by atoms with E-state index in [1.165, 1.54) is 0 Å². The van der Waals surface area contributed by atoms with Crippen LogP contribution >= 0.6 is 46.4 Å². The van der Waals surface area contributed by atoms with Gasteiger partial charge in [0.05, 0.1) is 45.7 Å². The van der Waals surface area contributed by atoms with E-state index >= 15 is 0 Å². The maximum absolute atomic E-state index is 6.53. The SMILES string of the molecule is COc1cc(Cl)c(N=C2C(=Nc3c(Cl)cc(OC)cc3Cl)c3cccc4cccc2c34)c(Cl)c1. The highest BCUT2D eigenvalue weighted by Crippen LogP contribution is 2.42. The Morgan fingerprint density at radius 1 is 0.588 bits per heavy atom. The Balaban J connectivity index is 1.80. The molecule has 0 heterocycles. The zero-order chi connectivity index (χ0) is 24.0. The summed E-state index contributed by atoms with van der Waals surface area (Å²) >= 11 is 26.1. The average Bonchev–Trinajstić information content (AvgIpc) is 3.12. The second kappa shape index (κ2) is 9.12. The van der Waals surface area contributed by atoms with E-state index in [1.54, 1.807) is 38.5 Å². The summed E-state index contributed by atoms with van der Waals surface area (Å²) in [4.78, 5) is 9.80. The molecule has 0 saturated heterocycles. The van der Waals surface area contributed by atoms with Crippen LogP contribution in [0, 0.1) is 0 Å². The highest BCUT2D eigenvalue weighted by atomic mass is 35.5. The zero-order valence-corrected chi connectivity index (χ0v) is 21.0. The Labute approximate surface area is 216 Å². The predicted molar refractivity (Wildman–Crippen MR) is 142 cm³/mol. The summed E-state index contributed by atoms with van der Waals surface area (Å²) < 4.78 is 10.5. The van der Waals surface area contributed by atoms with E-state index in [1.807, 2.05) is 36.4 Å². The molecule has 1 aliphatic rings. The van der Waals surface area contributed by atoms with Gasteiger partial charge in [-0.15, -0.1) is 0 Å². The van der Waals surface area contributed by atoms with Crippen molar-refractivity contribution in [1.82, 2.24) is 0 Å². The molecule has 0 aliphatic heterocycles. The number of methoxy groups -OCH3 is 2. The first-order chi connectivity index (χ1) is 16.4. The van der Waals surface area contributed by atoms with Crippen molar-refractivity contribution in [3.05, 3.63) is 91.9 Å². The lowest BCUT2D eigenvalue weighted by Crippen LogP contribution is -2.10. The second-order valence-electron chi connectivity index (χ2n) is 7.51. The fraction of sp³-hybridized carbons (Fsp3) is 0.0769. The molecule has 0 radical (unpaired) electrons. The van der Waals surface area contributed by atoms with Crippen LogP contribution in [0.2, 0.25) is 20.1 Å². The molecule has 4 nitrogen and oxygen atoms in total. The predicted octanol–water partition coefficient (Wildman–Crippen LogP) is 8.73. The first-order valence-electron chi connectivity index (χ1n) is 10.2. The Bertz CT molecular complexity index is 1370. The molecule has 0 atom stereocenters. The molecule has 34 heavy (non-hydrogen) atoms. The molecule has 4 aromatic rings. The minimum Gasteiger partial charge on any atom is -0.497 e. The van der Waals surface area contributed by atoms with Crippen LogP contribution in [0.4, 0.5) is 11.4 Å². The molecule has 5 rings (SSSR count). The van der Waals surface area contributed by atoms with Gasteiger partial charge in [0.15, 0.2) is 0 Å². The van der Waals surface area contributed by atoms with Crippen LogP contribution in [-0.2, 0) is 0 Å². The van der Waals surface area contributed by atoms with E-state index in [-0.39, 0.29) is 0 Å². The fourth-order valence-electron chi connectivity index (χ4n) is 3.97. The molecule has 4 aromatic carbocycles. The molecular formula is C26H16Cl4N2O2. The van der Waals surface area contributed by atoms with Crippen LogP contribution < -0.4 is 9.47 Å². The van der Waals surface area contributed by atoms with Crippen LogP contribution in [0.1, 0.15) is 11.1 Å². The number of benzene rings is 4. The Morgan fingerprint density at radius 3 is 1.32 bits per heavy atom. The summed E-state index contributed by atoms with van der Waals surface area (Å²) in [7, 11) is 3.10. The van der Waals surface area contributed by atoms with Crippen molar-refractivity contribution in [2.24, 2.45) is 9.98 Å². The van der Waals surface area contributed by atoms with Crippen LogP contribution in [0.25, 0.3) is 10.8 Å². The summed E-state index contributed by atoms with van der Waals surface area (Å²) in [5.74, 6) is 1.09. The largest absolute Gasteiger partial charge is 0.497 e. The van der Waals surface area contributed by atoms with Crippen molar-refractivity contribution in [3.8, 4) is 11.5 Å². The zero-order valence-electron chi connectivity index (χ0n) is 18.0. The van der Waals surface area contributed by atoms with Gasteiger partial charge in [-0.2, -0.15) is 0 Å². The third-order valence-electron chi connectivity index (χ3n) is 5.54. The quantitative estimate of drug-likeness (QED) is 0.265. The Morgan fingerprint density at radius 2 is 0.971 bits per heavy atom. The highest BCUT2D eigenvalue weighted by molar-refractivity contribution is 6.62. The molecular weight excluding hydrogens is 514 g/mol. The lowest BCUT2D eigenvalue weighted by Gasteiger charge is -2.10.